The van der Waals surface area contributed by atoms with Crippen molar-refractivity contribution in [3.8, 4) is 11.5 Å². The Morgan fingerprint density at radius 2 is 2.07 bits per heavy atom. The molecule has 5 aromatic rings. The smallest absolute Gasteiger partial charge is 0.251 e. The first kappa shape index (κ1) is 18.0. The lowest BCUT2D eigenvalue weighted by Crippen LogP contribution is -2.22. The second-order valence-electron chi connectivity index (χ2n) is 6.44. The van der Waals surface area contributed by atoms with E-state index in [1.165, 1.54) is 11.3 Å². The fraction of sp³-hybridized carbons (Fsp3) is 0.0952. The van der Waals surface area contributed by atoms with Gasteiger partial charge in [0.1, 0.15) is 11.3 Å². The van der Waals surface area contributed by atoms with Gasteiger partial charge in [-0.05, 0) is 30.0 Å². The third-order valence-electron chi connectivity index (χ3n) is 4.57. The minimum Gasteiger partial charge on any atom is -0.454 e. The molecule has 3 heterocycles. The number of thioether (sulfide) groups is 1. The topological polar surface area (TPSA) is 72.4 Å². The number of hydrogen-bond acceptors (Lipinski definition) is 6. The lowest BCUT2D eigenvalue weighted by Gasteiger charge is -2.05. The first-order chi connectivity index (χ1) is 14.2. The van der Waals surface area contributed by atoms with Crippen molar-refractivity contribution < 1.29 is 9.21 Å². The summed E-state index contributed by atoms with van der Waals surface area (Å²) in [4.78, 5) is 17.8. The van der Waals surface area contributed by atoms with Gasteiger partial charge >= 0.3 is 0 Å². The number of furan rings is 1. The Balaban J connectivity index is 1.42. The molecule has 5 rings (SSSR count). The second kappa shape index (κ2) is 7.38. The van der Waals surface area contributed by atoms with Crippen LogP contribution in [0.5, 0.6) is 0 Å². The van der Waals surface area contributed by atoms with Crippen LogP contribution in [0.2, 0.25) is 0 Å². The monoisotopic (exact) mass is 420 g/mol. The van der Waals surface area contributed by atoms with Gasteiger partial charge in [0.2, 0.25) is 4.96 Å². The van der Waals surface area contributed by atoms with E-state index in [-0.39, 0.29) is 5.91 Å². The zero-order valence-electron chi connectivity index (χ0n) is 15.5. The third kappa shape index (κ3) is 3.41. The summed E-state index contributed by atoms with van der Waals surface area (Å²) in [5.74, 6) is 0.539. The summed E-state index contributed by atoms with van der Waals surface area (Å²) < 4.78 is 8.77. The molecule has 0 aliphatic rings. The predicted octanol–water partition coefficient (Wildman–Crippen LogP) is 4.86. The molecule has 0 saturated heterocycles. The summed E-state index contributed by atoms with van der Waals surface area (Å²) in [6, 6.07) is 17.2. The van der Waals surface area contributed by atoms with E-state index in [0.717, 1.165) is 25.9 Å². The number of nitrogens with zero attached hydrogens (tertiary/aromatic N) is 3. The van der Waals surface area contributed by atoms with Gasteiger partial charge in [-0.1, -0.05) is 59.5 Å². The van der Waals surface area contributed by atoms with Gasteiger partial charge in [-0.2, -0.15) is 4.52 Å². The molecule has 0 saturated carbocycles. The molecule has 6 nitrogen and oxygen atoms in total. The highest BCUT2D eigenvalue weighted by atomic mass is 32.2. The molecule has 0 radical (unpaired) electrons. The number of carbonyl (C=O) groups is 1. The Labute approximate surface area is 174 Å². The van der Waals surface area contributed by atoms with E-state index in [0.29, 0.717) is 23.5 Å². The highest BCUT2D eigenvalue weighted by Crippen LogP contribution is 2.31. The summed E-state index contributed by atoms with van der Waals surface area (Å²) in [5.41, 5.74) is 3.07. The van der Waals surface area contributed by atoms with Crippen LogP contribution in [-0.4, -0.2) is 26.8 Å². The van der Waals surface area contributed by atoms with Crippen molar-refractivity contribution in [2.24, 2.45) is 0 Å². The van der Waals surface area contributed by atoms with Gasteiger partial charge in [0.25, 0.3) is 5.91 Å². The van der Waals surface area contributed by atoms with Crippen LogP contribution in [0.3, 0.4) is 0 Å². The zero-order valence-corrected chi connectivity index (χ0v) is 17.1. The number of aromatic nitrogens is 3. The fourth-order valence-corrected chi connectivity index (χ4v) is 4.43. The number of hydrogen-bond donors (Lipinski definition) is 1. The quantitative estimate of drug-likeness (QED) is 0.411. The number of amides is 1. The third-order valence-corrected chi connectivity index (χ3v) is 6.47. The van der Waals surface area contributed by atoms with Crippen molar-refractivity contribution >= 4 is 44.9 Å². The minimum absolute atomic E-state index is 0.135. The molecule has 0 unspecified atom stereocenters. The lowest BCUT2D eigenvalue weighted by molar-refractivity contribution is 0.0951. The van der Waals surface area contributed by atoms with Gasteiger partial charge in [-0.3, -0.25) is 4.79 Å². The van der Waals surface area contributed by atoms with Crippen molar-refractivity contribution in [3.63, 3.8) is 0 Å². The Hall–Kier alpha value is -3.10. The SMILES string of the molecule is CSc1nn2c(-c3cc4ccc(C(=O)NCc5ccccc5)cc4o3)cnc2s1. The highest BCUT2D eigenvalue weighted by Gasteiger charge is 2.16. The van der Waals surface area contributed by atoms with Gasteiger partial charge in [0, 0.05) is 17.5 Å². The van der Waals surface area contributed by atoms with Crippen LogP contribution in [0.25, 0.3) is 27.4 Å². The van der Waals surface area contributed by atoms with Crippen LogP contribution in [0.4, 0.5) is 0 Å². The van der Waals surface area contributed by atoms with Crippen LogP contribution in [0, 0.1) is 0 Å². The standard InChI is InChI=1S/C21H16N4O2S2/c1-28-21-24-25-16(12-23-20(25)29-21)18-9-14-7-8-15(10-17(14)27-18)19(26)22-11-13-5-3-2-4-6-13/h2-10,12H,11H2,1H3,(H,22,26). The van der Waals surface area contributed by atoms with E-state index >= 15 is 0 Å². The second-order valence-corrected chi connectivity index (χ2v) is 8.45. The average Bonchev–Trinajstić information content (AvgIpc) is 3.45. The Morgan fingerprint density at radius 1 is 1.21 bits per heavy atom. The summed E-state index contributed by atoms with van der Waals surface area (Å²) >= 11 is 3.13. The van der Waals surface area contributed by atoms with Crippen LogP contribution in [0.1, 0.15) is 15.9 Å². The maximum absolute atomic E-state index is 12.5. The number of benzene rings is 2. The van der Waals surface area contributed by atoms with Gasteiger partial charge in [-0.25, -0.2) is 4.98 Å². The van der Waals surface area contributed by atoms with Crippen LogP contribution < -0.4 is 5.32 Å². The van der Waals surface area contributed by atoms with E-state index < -0.39 is 0 Å². The van der Waals surface area contributed by atoms with Crippen molar-refractivity contribution in [3.05, 3.63) is 71.9 Å². The number of imidazole rings is 1. The molecule has 0 atom stereocenters. The Kier molecular flexibility index (Phi) is 4.57. The summed E-state index contributed by atoms with van der Waals surface area (Å²) in [6.45, 7) is 0.483. The van der Waals surface area contributed by atoms with E-state index in [9.17, 15) is 4.79 Å². The van der Waals surface area contributed by atoms with Crippen LogP contribution >= 0.6 is 23.1 Å². The summed E-state index contributed by atoms with van der Waals surface area (Å²) in [7, 11) is 0. The zero-order chi connectivity index (χ0) is 19.8. The number of carbonyl (C=O) groups excluding carboxylic acids is 1. The molecule has 3 aromatic heterocycles. The lowest BCUT2D eigenvalue weighted by atomic mass is 10.1. The van der Waals surface area contributed by atoms with E-state index in [2.05, 4.69) is 15.4 Å². The Morgan fingerprint density at radius 3 is 2.90 bits per heavy atom. The van der Waals surface area contributed by atoms with Gasteiger partial charge in [-0.15, -0.1) is 5.10 Å². The van der Waals surface area contributed by atoms with E-state index in [1.54, 1.807) is 28.5 Å². The number of nitrogens with one attached hydrogen (secondary N) is 1. The molecule has 0 spiro atoms. The minimum atomic E-state index is -0.135. The molecule has 0 aliphatic carbocycles. The van der Waals surface area contributed by atoms with Gasteiger partial charge in [0.05, 0.1) is 6.20 Å². The van der Waals surface area contributed by atoms with Crippen LogP contribution in [0.15, 0.2) is 69.6 Å². The molecular weight excluding hydrogens is 404 g/mol. The van der Waals surface area contributed by atoms with Crippen molar-refractivity contribution in [1.82, 2.24) is 19.9 Å². The van der Waals surface area contributed by atoms with Crippen molar-refractivity contribution in [1.29, 1.82) is 0 Å². The summed E-state index contributed by atoms with van der Waals surface area (Å²) in [5, 5.41) is 8.42. The van der Waals surface area contributed by atoms with Crippen molar-refractivity contribution in [2.75, 3.05) is 6.26 Å². The average molecular weight is 421 g/mol. The number of fused-ring (bicyclic) bond motifs is 2. The molecule has 29 heavy (non-hydrogen) atoms. The Bertz CT molecular complexity index is 1320. The van der Waals surface area contributed by atoms with E-state index in [4.69, 9.17) is 4.42 Å². The largest absolute Gasteiger partial charge is 0.454 e. The first-order valence-corrected chi connectivity index (χ1v) is 11.0. The molecule has 0 bridgehead atoms. The normalized spacial score (nSPS) is 11.3. The van der Waals surface area contributed by atoms with Crippen molar-refractivity contribution in [2.45, 2.75) is 10.9 Å². The molecule has 1 N–H and O–H groups in total. The van der Waals surface area contributed by atoms with E-state index in [1.807, 2.05) is 54.8 Å². The van der Waals surface area contributed by atoms with Crippen LogP contribution in [-0.2, 0) is 6.54 Å². The first-order valence-electron chi connectivity index (χ1n) is 8.96. The number of rotatable bonds is 5. The molecule has 8 heteroatoms. The van der Waals surface area contributed by atoms with Gasteiger partial charge in [0.15, 0.2) is 10.1 Å². The fourth-order valence-electron chi connectivity index (χ4n) is 3.10. The predicted molar refractivity (Wildman–Crippen MR) is 115 cm³/mol. The summed E-state index contributed by atoms with van der Waals surface area (Å²) in [6.07, 6.45) is 3.75. The molecule has 1 amide bonds. The molecule has 0 fully saturated rings. The molecular formula is C21H16N4O2S2. The molecule has 144 valence electrons. The maximum atomic E-state index is 12.5. The van der Waals surface area contributed by atoms with Gasteiger partial charge < -0.3 is 9.73 Å². The maximum Gasteiger partial charge on any atom is 0.251 e. The molecule has 2 aromatic carbocycles. The molecule has 0 aliphatic heterocycles. The highest BCUT2D eigenvalue weighted by molar-refractivity contribution is 8.00.